The van der Waals surface area contributed by atoms with E-state index in [0.717, 1.165) is 25.9 Å². The first-order chi connectivity index (χ1) is 8.26. The zero-order valence-corrected chi connectivity index (χ0v) is 10.5. The summed E-state index contributed by atoms with van der Waals surface area (Å²) in [5.41, 5.74) is 8.63. The lowest BCUT2D eigenvalue weighted by molar-refractivity contribution is 0.238. The van der Waals surface area contributed by atoms with Crippen LogP contribution >= 0.6 is 0 Å². The molecule has 1 aliphatic rings. The van der Waals surface area contributed by atoms with Crippen LogP contribution in [0.5, 0.6) is 0 Å². The summed E-state index contributed by atoms with van der Waals surface area (Å²) in [4.78, 5) is 2.35. The van der Waals surface area contributed by atoms with Gasteiger partial charge in [-0.3, -0.25) is 0 Å². The van der Waals surface area contributed by atoms with Gasteiger partial charge >= 0.3 is 0 Å². The van der Waals surface area contributed by atoms with Gasteiger partial charge in [-0.2, -0.15) is 0 Å². The number of aliphatic hydroxyl groups is 1. The number of aliphatic hydroxyl groups excluding tert-OH is 1. The summed E-state index contributed by atoms with van der Waals surface area (Å²) >= 11 is 0. The Morgan fingerprint density at radius 2 is 2.24 bits per heavy atom. The van der Waals surface area contributed by atoms with Gasteiger partial charge in [0, 0.05) is 37.3 Å². The third-order valence-corrected chi connectivity index (χ3v) is 3.66. The third-order valence-electron chi connectivity index (χ3n) is 3.66. The van der Waals surface area contributed by atoms with Crippen LogP contribution in [0.15, 0.2) is 24.3 Å². The first-order valence-corrected chi connectivity index (χ1v) is 6.46. The summed E-state index contributed by atoms with van der Waals surface area (Å²) in [7, 11) is 0. The molecule has 1 unspecified atom stereocenters. The Morgan fingerprint density at radius 1 is 1.47 bits per heavy atom. The Hall–Kier alpha value is -1.06. The van der Waals surface area contributed by atoms with Crippen LogP contribution in [0.3, 0.4) is 0 Å². The number of nitrogens with zero attached hydrogens (tertiary/aromatic N) is 1. The van der Waals surface area contributed by atoms with Crippen molar-refractivity contribution in [1.82, 2.24) is 0 Å². The molecule has 2 rings (SSSR count). The third kappa shape index (κ3) is 2.61. The van der Waals surface area contributed by atoms with Gasteiger partial charge in [0.25, 0.3) is 0 Å². The molecule has 1 aromatic carbocycles. The minimum absolute atomic E-state index is 0.111. The van der Waals surface area contributed by atoms with Crippen LogP contribution in [-0.2, 0) is 0 Å². The molecule has 0 radical (unpaired) electrons. The molecule has 1 aliphatic heterocycles. The van der Waals surface area contributed by atoms with Gasteiger partial charge < -0.3 is 15.7 Å². The molecule has 3 nitrogen and oxygen atoms in total. The molecule has 3 N–H and O–H groups in total. The number of hydrogen-bond acceptors (Lipinski definition) is 3. The lowest BCUT2D eigenvalue weighted by Gasteiger charge is -2.24. The van der Waals surface area contributed by atoms with Crippen LogP contribution in [-0.4, -0.2) is 24.8 Å². The highest BCUT2D eigenvalue weighted by Crippen LogP contribution is 2.30. The van der Waals surface area contributed by atoms with Gasteiger partial charge in [0.2, 0.25) is 0 Å². The number of nitrogens with two attached hydrogens (primary N) is 1. The van der Waals surface area contributed by atoms with Gasteiger partial charge in [0.15, 0.2) is 0 Å². The molecular formula is C14H22N2O. The van der Waals surface area contributed by atoms with E-state index in [9.17, 15) is 5.11 Å². The number of anilines is 1. The van der Waals surface area contributed by atoms with Crippen molar-refractivity contribution < 1.29 is 5.11 Å². The second-order valence-electron chi connectivity index (χ2n) is 4.86. The van der Waals surface area contributed by atoms with Gasteiger partial charge in [-0.15, -0.1) is 0 Å². The fourth-order valence-electron chi connectivity index (χ4n) is 2.51. The molecule has 0 spiro atoms. The van der Waals surface area contributed by atoms with Gasteiger partial charge in [0.1, 0.15) is 0 Å². The van der Waals surface area contributed by atoms with Crippen LogP contribution in [0, 0.1) is 5.92 Å². The van der Waals surface area contributed by atoms with Crippen molar-refractivity contribution in [2.24, 2.45) is 11.7 Å². The molecule has 3 heteroatoms. The molecule has 1 fully saturated rings. The predicted octanol–water partition coefficient (Wildman–Crippen LogP) is 1.92. The number of para-hydroxylation sites is 1. The highest BCUT2D eigenvalue weighted by atomic mass is 16.3. The summed E-state index contributed by atoms with van der Waals surface area (Å²) < 4.78 is 0. The SMILES string of the molecule is CC[C@@H](N)c1ccccc1N1CCC(CO)C1. The van der Waals surface area contributed by atoms with Crippen molar-refractivity contribution in [2.75, 3.05) is 24.6 Å². The minimum Gasteiger partial charge on any atom is -0.396 e. The lowest BCUT2D eigenvalue weighted by Crippen LogP contribution is -2.23. The molecule has 0 amide bonds. The summed E-state index contributed by atoms with van der Waals surface area (Å²) in [6, 6.07) is 8.49. The fourth-order valence-corrected chi connectivity index (χ4v) is 2.51. The molecule has 94 valence electrons. The molecule has 2 atom stereocenters. The average Bonchev–Trinajstić information content (AvgIpc) is 2.86. The van der Waals surface area contributed by atoms with E-state index in [2.05, 4.69) is 30.0 Å². The number of hydrogen-bond donors (Lipinski definition) is 2. The van der Waals surface area contributed by atoms with E-state index in [1.165, 1.54) is 11.3 Å². The smallest absolute Gasteiger partial charge is 0.0476 e. The lowest BCUT2D eigenvalue weighted by atomic mass is 10.0. The van der Waals surface area contributed by atoms with E-state index < -0.39 is 0 Å². The van der Waals surface area contributed by atoms with Gasteiger partial charge in [0.05, 0.1) is 0 Å². The Labute approximate surface area is 103 Å². The number of benzene rings is 1. The maximum absolute atomic E-state index is 9.20. The van der Waals surface area contributed by atoms with Crippen LogP contribution in [0.25, 0.3) is 0 Å². The van der Waals surface area contributed by atoms with E-state index in [1.54, 1.807) is 0 Å². The van der Waals surface area contributed by atoms with Crippen LogP contribution < -0.4 is 10.6 Å². The van der Waals surface area contributed by atoms with Crippen LogP contribution in [0.1, 0.15) is 31.4 Å². The zero-order chi connectivity index (χ0) is 12.3. The Kier molecular flexibility index (Phi) is 4.02. The van der Waals surface area contributed by atoms with Crippen LogP contribution in [0.4, 0.5) is 5.69 Å². The first-order valence-electron chi connectivity index (χ1n) is 6.46. The van der Waals surface area contributed by atoms with Crippen molar-refractivity contribution in [3.8, 4) is 0 Å². The van der Waals surface area contributed by atoms with Crippen LogP contribution in [0.2, 0.25) is 0 Å². The molecule has 1 saturated heterocycles. The molecule has 1 heterocycles. The standard InChI is InChI=1S/C14H22N2O/c1-2-13(15)12-5-3-4-6-14(12)16-8-7-11(9-16)10-17/h3-6,11,13,17H,2,7-10,15H2,1H3/t11?,13-/m1/s1. The van der Waals surface area contributed by atoms with Crippen molar-refractivity contribution >= 4 is 5.69 Å². The second-order valence-corrected chi connectivity index (χ2v) is 4.86. The van der Waals surface area contributed by atoms with Crippen molar-refractivity contribution in [3.63, 3.8) is 0 Å². The summed E-state index contributed by atoms with van der Waals surface area (Å²) in [5, 5.41) is 9.20. The minimum atomic E-state index is 0.111. The molecule has 0 saturated carbocycles. The van der Waals surface area contributed by atoms with E-state index >= 15 is 0 Å². The molecule has 0 aliphatic carbocycles. The Morgan fingerprint density at radius 3 is 2.88 bits per heavy atom. The van der Waals surface area contributed by atoms with E-state index in [4.69, 9.17) is 5.73 Å². The van der Waals surface area contributed by atoms with Crippen molar-refractivity contribution in [2.45, 2.75) is 25.8 Å². The summed E-state index contributed by atoms with van der Waals surface area (Å²) in [5.74, 6) is 0.418. The summed E-state index contributed by atoms with van der Waals surface area (Å²) in [6.45, 7) is 4.38. The highest BCUT2D eigenvalue weighted by Gasteiger charge is 2.24. The van der Waals surface area contributed by atoms with Crippen molar-refractivity contribution in [1.29, 1.82) is 0 Å². The van der Waals surface area contributed by atoms with Gasteiger partial charge in [-0.05, 0) is 24.5 Å². The topological polar surface area (TPSA) is 49.5 Å². The second kappa shape index (κ2) is 5.52. The Balaban J connectivity index is 2.20. The maximum atomic E-state index is 9.20. The normalized spacial score (nSPS) is 21.8. The zero-order valence-electron chi connectivity index (χ0n) is 10.5. The largest absolute Gasteiger partial charge is 0.396 e. The predicted molar refractivity (Wildman–Crippen MR) is 71.1 cm³/mol. The maximum Gasteiger partial charge on any atom is 0.0476 e. The summed E-state index contributed by atoms with van der Waals surface area (Å²) in [6.07, 6.45) is 2.03. The van der Waals surface area contributed by atoms with Crippen molar-refractivity contribution in [3.05, 3.63) is 29.8 Å². The monoisotopic (exact) mass is 234 g/mol. The molecular weight excluding hydrogens is 212 g/mol. The number of rotatable bonds is 4. The van der Waals surface area contributed by atoms with E-state index in [1.807, 2.05) is 6.07 Å². The quantitative estimate of drug-likeness (QED) is 0.836. The van der Waals surface area contributed by atoms with E-state index in [-0.39, 0.29) is 6.04 Å². The van der Waals surface area contributed by atoms with Gasteiger partial charge in [-0.1, -0.05) is 25.1 Å². The van der Waals surface area contributed by atoms with Gasteiger partial charge in [-0.25, -0.2) is 0 Å². The Bertz CT molecular complexity index is 367. The molecule has 0 bridgehead atoms. The highest BCUT2D eigenvalue weighted by molar-refractivity contribution is 5.55. The molecule has 0 aromatic heterocycles. The molecule has 17 heavy (non-hydrogen) atoms. The fraction of sp³-hybridized carbons (Fsp3) is 0.571. The van der Waals surface area contributed by atoms with E-state index in [0.29, 0.717) is 12.5 Å². The average molecular weight is 234 g/mol. The molecule has 1 aromatic rings. The first kappa shape index (κ1) is 12.4.